The fourth-order valence-electron chi connectivity index (χ4n) is 3.56. The molecule has 0 bridgehead atoms. The van der Waals surface area contributed by atoms with Crippen LogP contribution in [-0.4, -0.2) is 30.1 Å². The molecule has 0 aromatic heterocycles. The van der Waals surface area contributed by atoms with Gasteiger partial charge in [-0.05, 0) is 62.1 Å². The fourth-order valence-corrected chi connectivity index (χ4v) is 3.81. The Morgan fingerprint density at radius 1 is 0.967 bits per heavy atom. The molecule has 0 radical (unpaired) electrons. The van der Waals surface area contributed by atoms with Gasteiger partial charge in [-0.1, -0.05) is 24.3 Å². The number of hydrogen-bond acceptors (Lipinski definition) is 2. The Morgan fingerprint density at radius 3 is 2.07 bits per heavy atom. The predicted molar refractivity (Wildman–Crippen MR) is 106 cm³/mol. The van der Waals surface area contributed by atoms with Gasteiger partial charge in [-0.25, -0.2) is 0 Å². The second-order valence-corrected chi connectivity index (χ2v) is 7.71. The van der Waals surface area contributed by atoms with Gasteiger partial charge in [0.05, 0.1) is 17.2 Å². The number of halogens is 6. The molecule has 2 aromatic rings. The van der Waals surface area contributed by atoms with Crippen LogP contribution in [-0.2, 0) is 18.8 Å². The van der Waals surface area contributed by atoms with Gasteiger partial charge in [0, 0.05) is 11.7 Å². The first-order valence-corrected chi connectivity index (χ1v) is 9.38. The van der Waals surface area contributed by atoms with Crippen molar-refractivity contribution in [3.8, 4) is 0 Å². The molecule has 162 valence electrons. The number of likely N-dealkylation sites (N-methyl/N-ethyl adjacent to an activating group) is 1. The van der Waals surface area contributed by atoms with Crippen molar-refractivity contribution in [3.05, 3.63) is 64.7 Å². The Balaban J connectivity index is 1.85. The van der Waals surface area contributed by atoms with Crippen molar-refractivity contribution < 1.29 is 26.3 Å². The summed E-state index contributed by atoms with van der Waals surface area (Å²) in [6.45, 7) is 0. The van der Waals surface area contributed by atoms with Crippen LogP contribution in [0.25, 0.3) is 0 Å². The van der Waals surface area contributed by atoms with Crippen molar-refractivity contribution in [2.75, 3.05) is 19.4 Å². The van der Waals surface area contributed by atoms with E-state index < -0.39 is 23.5 Å². The average molecular weight is 447 g/mol. The lowest BCUT2D eigenvalue weighted by atomic mass is 10.1. The van der Waals surface area contributed by atoms with Gasteiger partial charge in [-0.15, -0.1) is 0 Å². The number of nitrogens with one attached hydrogen (secondary N) is 2. The summed E-state index contributed by atoms with van der Waals surface area (Å²) in [4.78, 5) is 1.99. The van der Waals surface area contributed by atoms with Crippen LogP contribution in [0.3, 0.4) is 0 Å². The number of thiocarbonyl (C=S) groups is 1. The normalized spacial score (nSPS) is 19.0. The second kappa shape index (κ2) is 8.07. The van der Waals surface area contributed by atoms with Crippen molar-refractivity contribution in [3.63, 3.8) is 0 Å². The summed E-state index contributed by atoms with van der Waals surface area (Å²) in [5, 5.41) is 5.47. The van der Waals surface area contributed by atoms with Crippen LogP contribution in [0.5, 0.6) is 0 Å². The van der Waals surface area contributed by atoms with E-state index in [0.717, 1.165) is 17.5 Å². The molecule has 0 fully saturated rings. The second-order valence-electron chi connectivity index (χ2n) is 7.30. The zero-order chi connectivity index (χ0) is 22.3. The van der Waals surface area contributed by atoms with E-state index in [9.17, 15) is 26.3 Å². The third kappa shape index (κ3) is 4.86. The van der Waals surface area contributed by atoms with E-state index in [-0.39, 0.29) is 28.9 Å². The number of benzene rings is 2. The van der Waals surface area contributed by atoms with E-state index in [4.69, 9.17) is 12.2 Å². The molecule has 3 rings (SSSR count). The highest BCUT2D eigenvalue weighted by Gasteiger charge is 2.37. The van der Waals surface area contributed by atoms with Gasteiger partial charge >= 0.3 is 12.4 Å². The average Bonchev–Trinajstić information content (AvgIpc) is 2.99. The third-order valence-corrected chi connectivity index (χ3v) is 5.22. The van der Waals surface area contributed by atoms with Crippen molar-refractivity contribution in [2.24, 2.45) is 0 Å². The number of nitrogens with zero attached hydrogens (tertiary/aromatic N) is 1. The summed E-state index contributed by atoms with van der Waals surface area (Å²) in [7, 11) is 3.79. The molecular formula is C20H19F6N3S. The topological polar surface area (TPSA) is 27.3 Å². The van der Waals surface area contributed by atoms with E-state index in [1.807, 2.05) is 43.3 Å². The molecule has 0 spiro atoms. The predicted octanol–water partition coefficient (Wildman–Crippen LogP) is 5.24. The molecule has 2 atom stereocenters. The molecular weight excluding hydrogens is 428 g/mol. The highest BCUT2D eigenvalue weighted by Crippen LogP contribution is 2.38. The van der Waals surface area contributed by atoms with Gasteiger partial charge in [-0.2, -0.15) is 26.3 Å². The molecule has 1 aliphatic carbocycles. The van der Waals surface area contributed by atoms with Gasteiger partial charge < -0.3 is 15.5 Å². The minimum atomic E-state index is -4.92. The lowest BCUT2D eigenvalue weighted by Crippen LogP contribution is -2.42. The molecule has 0 heterocycles. The first-order chi connectivity index (χ1) is 13.9. The van der Waals surface area contributed by atoms with Gasteiger partial charge in [0.1, 0.15) is 0 Å². The zero-order valence-electron chi connectivity index (χ0n) is 16.0. The summed E-state index contributed by atoms with van der Waals surface area (Å²) in [5.41, 5.74) is -1.10. The Hall–Kier alpha value is -2.33. The minimum Gasteiger partial charge on any atom is -0.354 e. The maximum absolute atomic E-state index is 13.1. The van der Waals surface area contributed by atoms with Crippen LogP contribution >= 0.6 is 12.2 Å². The van der Waals surface area contributed by atoms with Crippen LogP contribution in [0.2, 0.25) is 0 Å². The minimum absolute atomic E-state index is 0.0226. The first-order valence-electron chi connectivity index (χ1n) is 8.97. The van der Waals surface area contributed by atoms with E-state index >= 15 is 0 Å². The summed E-state index contributed by atoms with van der Waals surface area (Å²) in [6, 6.07) is 8.73. The largest absolute Gasteiger partial charge is 0.416 e. The van der Waals surface area contributed by atoms with Crippen LogP contribution in [0.15, 0.2) is 42.5 Å². The van der Waals surface area contributed by atoms with Crippen molar-refractivity contribution in [1.82, 2.24) is 10.2 Å². The Kier molecular flexibility index (Phi) is 6.01. The molecule has 30 heavy (non-hydrogen) atoms. The highest BCUT2D eigenvalue weighted by molar-refractivity contribution is 7.80. The number of alkyl halides is 6. The molecule has 0 unspecified atom stereocenters. The molecule has 0 saturated heterocycles. The van der Waals surface area contributed by atoms with Gasteiger partial charge in [0.25, 0.3) is 0 Å². The monoisotopic (exact) mass is 447 g/mol. The van der Waals surface area contributed by atoms with Crippen molar-refractivity contribution in [2.45, 2.75) is 30.9 Å². The van der Waals surface area contributed by atoms with E-state index in [1.165, 1.54) is 0 Å². The highest BCUT2D eigenvalue weighted by atomic mass is 32.1. The summed E-state index contributed by atoms with van der Waals surface area (Å²) >= 11 is 5.21. The Bertz CT molecular complexity index is 907. The smallest absolute Gasteiger partial charge is 0.354 e. The molecule has 0 amide bonds. The zero-order valence-corrected chi connectivity index (χ0v) is 16.8. The first kappa shape index (κ1) is 22.4. The summed E-state index contributed by atoms with van der Waals surface area (Å²) < 4.78 is 78.3. The van der Waals surface area contributed by atoms with Crippen LogP contribution in [0, 0.1) is 0 Å². The SMILES string of the molecule is CN(C)[C@@H]1Cc2ccccc2[C@H]1NC(=S)Nc1cc(C(F)(F)F)cc(C(F)(F)F)c1. The fraction of sp³-hybridized carbons (Fsp3) is 0.350. The lowest BCUT2D eigenvalue weighted by Gasteiger charge is -2.28. The van der Waals surface area contributed by atoms with E-state index in [1.54, 1.807) is 0 Å². The Labute approximate surface area is 175 Å². The number of rotatable bonds is 3. The third-order valence-electron chi connectivity index (χ3n) is 5.00. The van der Waals surface area contributed by atoms with Crippen molar-refractivity contribution in [1.29, 1.82) is 0 Å². The maximum Gasteiger partial charge on any atom is 0.416 e. The standard InChI is InChI=1S/C20H19F6N3S/c1-29(2)16-7-11-5-3-4-6-15(11)17(16)28-18(30)27-14-9-12(19(21,22)23)8-13(10-14)20(24,25)26/h3-6,8-10,16-17H,7H2,1-2H3,(H2,27,28,30)/t16-,17-/m1/s1. The molecule has 0 saturated carbocycles. The molecule has 1 aliphatic rings. The molecule has 2 aromatic carbocycles. The summed E-state index contributed by atoms with van der Waals surface area (Å²) in [5.74, 6) is 0. The van der Waals surface area contributed by atoms with Crippen LogP contribution in [0.4, 0.5) is 32.0 Å². The van der Waals surface area contributed by atoms with Gasteiger partial charge in [0.15, 0.2) is 5.11 Å². The molecule has 10 heteroatoms. The Morgan fingerprint density at radius 2 is 1.53 bits per heavy atom. The lowest BCUT2D eigenvalue weighted by molar-refractivity contribution is -0.143. The van der Waals surface area contributed by atoms with Gasteiger partial charge in [-0.3, -0.25) is 0 Å². The number of fused-ring (bicyclic) bond motifs is 1. The molecule has 3 nitrogen and oxygen atoms in total. The van der Waals surface area contributed by atoms with E-state index in [0.29, 0.717) is 12.1 Å². The number of hydrogen-bond donors (Lipinski definition) is 2. The quantitative estimate of drug-likeness (QED) is 0.497. The maximum atomic E-state index is 13.1. The summed E-state index contributed by atoms with van der Waals surface area (Å²) in [6.07, 6.45) is -9.11. The molecule has 2 N–H and O–H groups in total. The van der Waals surface area contributed by atoms with Crippen molar-refractivity contribution >= 4 is 23.0 Å². The van der Waals surface area contributed by atoms with Gasteiger partial charge in [0.2, 0.25) is 0 Å². The van der Waals surface area contributed by atoms with Crippen LogP contribution in [0.1, 0.15) is 28.3 Å². The number of anilines is 1. The van der Waals surface area contributed by atoms with Crippen LogP contribution < -0.4 is 10.6 Å². The van der Waals surface area contributed by atoms with E-state index in [2.05, 4.69) is 10.6 Å². The molecule has 0 aliphatic heterocycles.